The molecule has 53 heavy (non-hydrogen) atoms. The Morgan fingerprint density at radius 1 is 0.736 bits per heavy atom. The molecule has 4 atom stereocenters. The summed E-state index contributed by atoms with van der Waals surface area (Å²) in [6.45, 7) is 7.62. The molecule has 3 aromatic carbocycles. The minimum atomic E-state index is -0.878. The van der Waals surface area contributed by atoms with Crippen molar-refractivity contribution < 1.29 is 34.1 Å². The molecule has 0 radical (unpaired) electrons. The van der Waals surface area contributed by atoms with Gasteiger partial charge in [-0.3, -0.25) is 19.2 Å². The number of rotatable bonds is 22. The van der Waals surface area contributed by atoms with Gasteiger partial charge in [0.05, 0.1) is 24.1 Å². The van der Waals surface area contributed by atoms with Crippen molar-refractivity contribution >= 4 is 40.8 Å². The number of nitrogens with one attached hydrogen (secondary N) is 2. The smallest absolute Gasteiger partial charge is 0.308 e. The molecule has 3 rings (SSSR count). The molecule has 0 aromatic heterocycles. The first kappa shape index (κ1) is 42.1. The van der Waals surface area contributed by atoms with Crippen LogP contribution in [0, 0.1) is 17.8 Å². The van der Waals surface area contributed by atoms with E-state index in [0.29, 0.717) is 62.2 Å². The third kappa shape index (κ3) is 14.7. The Morgan fingerprint density at radius 3 is 1.92 bits per heavy atom. The third-order valence-electron chi connectivity index (χ3n) is 9.29. The van der Waals surface area contributed by atoms with Gasteiger partial charge in [-0.05, 0) is 106 Å². The fourth-order valence-corrected chi connectivity index (χ4v) is 5.91. The molecule has 4 N–H and O–H groups in total. The van der Waals surface area contributed by atoms with Gasteiger partial charge in [0.2, 0.25) is 5.91 Å². The Bertz CT molecular complexity index is 1660. The first-order chi connectivity index (χ1) is 25.5. The molecule has 11 heteroatoms. The van der Waals surface area contributed by atoms with E-state index in [1.54, 1.807) is 48.5 Å². The van der Waals surface area contributed by atoms with E-state index in [9.17, 15) is 29.4 Å². The standard InChI is InChI=1S/C42H54N4O7/c1-5-7-28-53-42(52)29(3)18-19-33(32-14-10-8-11-15-32)21-23-34(41(50)51)22-20-31(6-2)39(48)43-36-24-26-37(27-25-36)45-46-38(30(4)47)40(49)44-35-16-12-9-13-17-35/h8-17,24-27,29,31,33-34,47H,5-7,18-23,28H2,1-4H3,(H,43,48)(H,44,49)(H,50,51). The van der Waals surface area contributed by atoms with Crippen molar-refractivity contribution in [1.29, 1.82) is 0 Å². The van der Waals surface area contributed by atoms with Gasteiger partial charge < -0.3 is 25.6 Å². The number of amides is 2. The number of para-hydroxylation sites is 1. The number of unbranched alkanes of at least 4 members (excludes halogenated alkanes) is 1. The summed E-state index contributed by atoms with van der Waals surface area (Å²) in [7, 11) is 0. The zero-order valence-corrected chi connectivity index (χ0v) is 31.3. The van der Waals surface area contributed by atoms with Gasteiger partial charge in [-0.25, -0.2) is 0 Å². The molecular weight excluding hydrogens is 672 g/mol. The Kier molecular flexibility index (Phi) is 17.9. The van der Waals surface area contributed by atoms with Crippen LogP contribution < -0.4 is 10.6 Å². The maximum absolute atomic E-state index is 13.2. The molecule has 0 aliphatic carbocycles. The number of nitrogens with zero attached hydrogens (tertiary/aromatic N) is 2. The summed E-state index contributed by atoms with van der Waals surface area (Å²) in [4.78, 5) is 50.7. The molecule has 0 saturated carbocycles. The molecule has 2 amide bonds. The van der Waals surface area contributed by atoms with Gasteiger partial charge in [0, 0.05) is 17.3 Å². The number of hydrogen-bond donors (Lipinski definition) is 4. The van der Waals surface area contributed by atoms with Crippen molar-refractivity contribution in [2.75, 3.05) is 17.2 Å². The summed E-state index contributed by atoms with van der Waals surface area (Å²) in [5.41, 5.74) is 2.37. The van der Waals surface area contributed by atoms with E-state index in [0.717, 1.165) is 24.8 Å². The average Bonchev–Trinajstić information content (AvgIpc) is 3.15. The number of aliphatic carboxylic acids is 1. The van der Waals surface area contributed by atoms with E-state index in [1.165, 1.54) is 6.92 Å². The van der Waals surface area contributed by atoms with Crippen LogP contribution in [0.1, 0.15) is 97.0 Å². The van der Waals surface area contributed by atoms with Crippen molar-refractivity contribution in [2.24, 2.45) is 28.0 Å². The number of esters is 1. The predicted molar refractivity (Wildman–Crippen MR) is 207 cm³/mol. The van der Waals surface area contributed by atoms with Gasteiger partial charge in [0.25, 0.3) is 5.91 Å². The number of carbonyl (C=O) groups is 4. The molecule has 0 aliphatic heterocycles. The maximum atomic E-state index is 13.2. The van der Waals surface area contributed by atoms with Crippen LogP contribution in [-0.4, -0.2) is 40.6 Å². The van der Waals surface area contributed by atoms with E-state index >= 15 is 0 Å². The number of anilines is 2. The van der Waals surface area contributed by atoms with Crippen LogP contribution in [0.15, 0.2) is 107 Å². The number of carboxylic acids is 1. The van der Waals surface area contributed by atoms with E-state index in [-0.39, 0.29) is 41.1 Å². The number of allylic oxidation sites excluding steroid dienone is 1. The summed E-state index contributed by atoms with van der Waals surface area (Å²) in [6.07, 6.45) is 5.62. The second-order valence-electron chi connectivity index (χ2n) is 13.4. The average molecular weight is 727 g/mol. The predicted octanol–water partition coefficient (Wildman–Crippen LogP) is 9.97. The number of aliphatic hydroxyl groups is 1. The van der Waals surface area contributed by atoms with Crippen molar-refractivity contribution in [1.82, 2.24) is 0 Å². The summed E-state index contributed by atoms with van der Waals surface area (Å²) < 4.78 is 5.41. The highest BCUT2D eigenvalue weighted by Crippen LogP contribution is 2.32. The van der Waals surface area contributed by atoms with Crippen LogP contribution in [0.2, 0.25) is 0 Å². The van der Waals surface area contributed by atoms with E-state index < -0.39 is 17.8 Å². The number of benzene rings is 3. The first-order valence-electron chi connectivity index (χ1n) is 18.6. The number of azo groups is 1. The van der Waals surface area contributed by atoms with E-state index in [4.69, 9.17) is 4.74 Å². The Balaban J connectivity index is 1.56. The summed E-state index contributed by atoms with van der Waals surface area (Å²) in [6, 6.07) is 25.3. The van der Waals surface area contributed by atoms with Crippen LogP contribution in [-0.2, 0) is 23.9 Å². The topological polar surface area (TPSA) is 167 Å². The van der Waals surface area contributed by atoms with Crippen LogP contribution in [0.5, 0.6) is 0 Å². The highest BCUT2D eigenvalue weighted by Gasteiger charge is 2.25. The number of aliphatic hydroxyl groups excluding tert-OH is 1. The highest BCUT2D eigenvalue weighted by atomic mass is 16.5. The summed E-state index contributed by atoms with van der Waals surface area (Å²) >= 11 is 0. The van der Waals surface area contributed by atoms with Crippen molar-refractivity contribution in [2.45, 2.75) is 91.4 Å². The Labute approximate surface area is 313 Å². The summed E-state index contributed by atoms with van der Waals surface area (Å²) in [5, 5.41) is 33.7. The molecular formula is C42H54N4O7. The zero-order chi connectivity index (χ0) is 38.6. The van der Waals surface area contributed by atoms with Crippen molar-refractivity contribution in [3.8, 4) is 0 Å². The lowest BCUT2D eigenvalue weighted by Gasteiger charge is -2.22. The molecule has 284 valence electrons. The number of ether oxygens (including phenoxy) is 1. The molecule has 3 aromatic rings. The number of carboxylic acid groups (broad SMARTS) is 1. The van der Waals surface area contributed by atoms with Crippen LogP contribution >= 0.6 is 0 Å². The van der Waals surface area contributed by atoms with Gasteiger partial charge in [-0.2, -0.15) is 5.11 Å². The first-order valence-corrected chi connectivity index (χ1v) is 18.6. The number of hydrogen-bond acceptors (Lipinski definition) is 8. The Morgan fingerprint density at radius 2 is 1.32 bits per heavy atom. The zero-order valence-electron chi connectivity index (χ0n) is 31.3. The minimum Gasteiger partial charge on any atom is -0.510 e. The molecule has 0 spiro atoms. The highest BCUT2D eigenvalue weighted by molar-refractivity contribution is 6.03. The van der Waals surface area contributed by atoms with Crippen LogP contribution in [0.4, 0.5) is 17.1 Å². The summed E-state index contributed by atoms with van der Waals surface area (Å²) in [5.74, 6) is -3.31. The molecule has 0 aliphatic rings. The van der Waals surface area contributed by atoms with Crippen LogP contribution in [0.25, 0.3) is 0 Å². The lowest BCUT2D eigenvalue weighted by molar-refractivity contribution is -0.148. The quantitative estimate of drug-likeness (QED) is 0.0263. The van der Waals surface area contributed by atoms with Crippen LogP contribution in [0.3, 0.4) is 0 Å². The van der Waals surface area contributed by atoms with Gasteiger partial charge in [-0.15, -0.1) is 5.11 Å². The molecule has 11 nitrogen and oxygen atoms in total. The largest absolute Gasteiger partial charge is 0.510 e. The normalized spacial score (nSPS) is 14.0. The maximum Gasteiger partial charge on any atom is 0.308 e. The number of carbonyl (C=O) groups excluding carboxylic acids is 3. The van der Waals surface area contributed by atoms with Crippen molar-refractivity contribution in [3.05, 3.63) is 102 Å². The molecule has 0 heterocycles. The lowest BCUT2D eigenvalue weighted by Crippen LogP contribution is -2.24. The monoisotopic (exact) mass is 726 g/mol. The minimum absolute atomic E-state index is 0.0958. The molecule has 0 fully saturated rings. The SMILES string of the molecule is CCCCOC(=O)C(C)CCC(CCC(CCC(CC)C(=O)Nc1ccc(N=NC(C(=O)Nc2ccccc2)=C(C)O)cc1)C(=O)O)c1ccccc1. The molecule has 4 unspecified atom stereocenters. The second-order valence-corrected chi connectivity index (χ2v) is 13.4. The fourth-order valence-electron chi connectivity index (χ4n) is 5.91. The van der Waals surface area contributed by atoms with E-state index in [1.807, 2.05) is 57.2 Å². The third-order valence-corrected chi connectivity index (χ3v) is 9.29. The van der Waals surface area contributed by atoms with Gasteiger partial charge in [-0.1, -0.05) is 75.7 Å². The van der Waals surface area contributed by atoms with Gasteiger partial charge >= 0.3 is 11.9 Å². The fraction of sp³-hybridized carbons (Fsp3) is 0.429. The Hall–Kier alpha value is -5.32. The van der Waals surface area contributed by atoms with Gasteiger partial charge in [0.15, 0.2) is 5.70 Å². The van der Waals surface area contributed by atoms with Crippen molar-refractivity contribution in [3.63, 3.8) is 0 Å². The second kappa shape index (κ2) is 22.6. The van der Waals surface area contributed by atoms with E-state index in [2.05, 4.69) is 20.9 Å². The molecule has 0 saturated heterocycles. The van der Waals surface area contributed by atoms with Gasteiger partial charge in [0.1, 0.15) is 5.76 Å². The molecule has 0 bridgehead atoms. The lowest BCUT2D eigenvalue weighted by atomic mass is 9.83.